The molecule has 1 fully saturated rings. The molecular formula is C18H21N5O. The zero-order valence-electron chi connectivity index (χ0n) is 13.6. The third-order valence-corrected chi connectivity index (χ3v) is 4.79. The normalized spacial score (nSPS) is 17.6. The van der Waals surface area contributed by atoms with E-state index in [9.17, 15) is 4.79 Å². The van der Waals surface area contributed by atoms with E-state index in [2.05, 4.69) is 33.1 Å². The molecule has 2 aromatic rings. The van der Waals surface area contributed by atoms with Gasteiger partial charge in [0.05, 0.1) is 0 Å². The van der Waals surface area contributed by atoms with Crippen LogP contribution in [0.15, 0.2) is 42.7 Å². The van der Waals surface area contributed by atoms with Gasteiger partial charge in [0.2, 0.25) is 5.95 Å². The molecule has 124 valence electrons. The van der Waals surface area contributed by atoms with Crippen molar-refractivity contribution in [2.24, 2.45) is 0 Å². The van der Waals surface area contributed by atoms with E-state index in [-0.39, 0.29) is 6.03 Å². The highest BCUT2D eigenvalue weighted by molar-refractivity contribution is 5.75. The number of hydrogen-bond acceptors (Lipinski definition) is 4. The molecule has 0 spiro atoms. The summed E-state index contributed by atoms with van der Waals surface area (Å²) in [4.78, 5) is 27.4. The molecule has 24 heavy (non-hydrogen) atoms. The maximum atomic E-state index is 12.8. The zero-order chi connectivity index (χ0) is 16.4. The van der Waals surface area contributed by atoms with Crippen molar-refractivity contribution in [3.8, 4) is 0 Å². The minimum absolute atomic E-state index is 0.151. The van der Waals surface area contributed by atoms with Gasteiger partial charge in [0.1, 0.15) is 0 Å². The smallest absolute Gasteiger partial charge is 0.320 e. The second-order valence-electron chi connectivity index (χ2n) is 6.25. The average Bonchev–Trinajstić information content (AvgIpc) is 2.68. The Hall–Kier alpha value is -2.63. The number of amides is 2. The van der Waals surface area contributed by atoms with E-state index >= 15 is 0 Å². The van der Waals surface area contributed by atoms with Crippen LogP contribution < -0.4 is 4.90 Å². The van der Waals surface area contributed by atoms with E-state index in [0.717, 1.165) is 51.6 Å². The standard InChI is InChI=1S/C18H21N5O/c24-18(23-9-6-15-4-1-2-5-16(15)14-23)22-12-10-21(11-13-22)17-19-7-3-8-20-17/h1-5,7-8H,6,9-14H2. The number of carbonyl (C=O) groups excluding carboxylic acids is 1. The van der Waals surface area contributed by atoms with E-state index < -0.39 is 0 Å². The zero-order valence-corrected chi connectivity index (χ0v) is 13.6. The highest BCUT2D eigenvalue weighted by Crippen LogP contribution is 2.20. The first-order valence-electron chi connectivity index (χ1n) is 8.44. The number of benzene rings is 1. The van der Waals surface area contributed by atoms with Gasteiger partial charge in [-0.25, -0.2) is 14.8 Å². The van der Waals surface area contributed by atoms with E-state index in [1.54, 1.807) is 12.4 Å². The Morgan fingerprint density at radius 2 is 1.54 bits per heavy atom. The van der Waals surface area contributed by atoms with Crippen molar-refractivity contribution >= 4 is 12.0 Å². The van der Waals surface area contributed by atoms with Gasteiger partial charge in [-0.1, -0.05) is 24.3 Å². The van der Waals surface area contributed by atoms with Crippen molar-refractivity contribution in [1.29, 1.82) is 0 Å². The molecule has 2 aliphatic heterocycles. The number of rotatable bonds is 1. The van der Waals surface area contributed by atoms with Crippen LogP contribution >= 0.6 is 0 Å². The maximum Gasteiger partial charge on any atom is 0.320 e. The van der Waals surface area contributed by atoms with Crippen LogP contribution in [-0.4, -0.2) is 58.5 Å². The summed E-state index contributed by atoms with van der Waals surface area (Å²) in [7, 11) is 0. The molecule has 6 nitrogen and oxygen atoms in total. The third-order valence-electron chi connectivity index (χ3n) is 4.79. The molecule has 1 aromatic carbocycles. The van der Waals surface area contributed by atoms with Crippen molar-refractivity contribution in [2.75, 3.05) is 37.6 Å². The highest BCUT2D eigenvalue weighted by Gasteiger charge is 2.28. The van der Waals surface area contributed by atoms with Gasteiger partial charge in [0.25, 0.3) is 0 Å². The Balaban J connectivity index is 1.37. The number of aromatic nitrogens is 2. The van der Waals surface area contributed by atoms with E-state index in [1.807, 2.05) is 21.9 Å². The molecule has 3 heterocycles. The summed E-state index contributed by atoms with van der Waals surface area (Å²) >= 11 is 0. The molecular weight excluding hydrogens is 302 g/mol. The maximum absolute atomic E-state index is 12.8. The predicted octanol–water partition coefficient (Wildman–Crippen LogP) is 1.78. The summed E-state index contributed by atoms with van der Waals surface area (Å²) in [5, 5.41) is 0. The van der Waals surface area contributed by atoms with Gasteiger partial charge >= 0.3 is 6.03 Å². The predicted molar refractivity (Wildman–Crippen MR) is 91.8 cm³/mol. The molecule has 1 saturated heterocycles. The van der Waals surface area contributed by atoms with E-state index in [0.29, 0.717) is 0 Å². The van der Waals surface area contributed by atoms with Crippen molar-refractivity contribution < 1.29 is 4.79 Å². The van der Waals surface area contributed by atoms with E-state index in [1.165, 1.54) is 11.1 Å². The number of hydrogen-bond donors (Lipinski definition) is 0. The number of fused-ring (bicyclic) bond motifs is 1. The molecule has 0 bridgehead atoms. The first-order chi connectivity index (χ1) is 11.8. The van der Waals surface area contributed by atoms with Crippen LogP contribution in [0.25, 0.3) is 0 Å². The van der Waals surface area contributed by atoms with Gasteiger partial charge in [-0.15, -0.1) is 0 Å². The number of nitrogens with zero attached hydrogens (tertiary/aromatic N) is 5. The topological polar surface area (TPSA) is 52.6 Å². The van der Waals surface area contributed by atoms with Crippen molar-refractivity contribution in [3.05, 3.63) is 53.9 Å². The lowest BCUT2D eigenvalue weighted by Crippen LogP contribution is -2.53. The largest absolute Gasteiger partial charge is 0.337 e. The van der Waals surface area contributed by atoms with Gasteiger partial charge in [-0.05, 0) is 23.6 Å². The summed E-state index contributed by atoms with van der Waals surface area (Å²) < 4.78 is 0. The van der Waals surface area contributed by atoms with Crippen LogP contribution in [0.4, 0.5) is 10.7 Å². The average molecular weight is 323 g/mol. The molecule has 0 atom stereocenters. The van der Waals surface area contributed by atoms with E-state index in [4.69, 9.17) is 0 Å². The minimum Gasteiger partial charge on any atom is -0.337 e. The van der Waals surface area contributed by atoms with Crippen molar-refractivity contribution in [1.82, 2.24) is 19.8 Å². The van der Waals surface area contributed by atoms with Crippen molar-refractivity contribution in [3.63, 3.8) is 0 Å². The molecule has 2 aliphatic rings. The number of urea groups is 1. The quantitative estimate of drug-likeness (QED) is 0.803. The molecule has 2 amide bonds. The van der Waals surface area contributed by atoms with Crippen LogP contribution in [0.2, 0.25) is 0 Å². The second-order valence-corrected chi connectivity index (χ2v) is 6.25. The fourth-order valence-electron chi connectivity index (χ4n) is 3.41. The van der Waals surface area contributed by atoms with Gasteiger partial charge in [0, 0.05) is 51.7 Å². The van der Waals surface area contributed by atoms with Gasteiger partial charge in [-0.2, -0.15) is 0 Å². The second kappa shape index (κ2) is 6.47. The molecule has 0 saturated carbocycles. The Bertz CT molecular complexity index is 712. The number of piperazine rings is 1. The molecule has 0 radical (unpaired) electrons. The third kappa shape index (κ3) is 2.91. The van der Waals surface area contributed by atoms with Crippen LogP contribution in [-0.2, 0) is 13.0 Å². The molecule has 6 heteroatoms. The SMILES string of the molecule is O=C(N1CCN(c2ncccn2)CC1)N1CCc2ccccc2C1. The summed E-state index contributed by atoms with van der Waals surface area (Å²) in [5.41, 5.74) is 2.64. The Morgan fingerprint density at radius 3 is 2.29 bits per heavy atom. The summed E-state index contributed by atoms with van der Waals surface area (Å²) in [5.74, 6) is 0.747. The van der Waals surface area contributed by atoms with Crippen LogP contribution in [0, 0.1) is 0 Å². The molecule has 0 unspecified atom stereocenters. The molecule has 0 N–H and O–H groups in total. The van der Waals surface area contributed by atoms with Gasteiger partial charge in [-0.3, -0.25) is 0 Å². The first-order valence-corrected chi connectivity index (χ1v) is 8.44. The molecule has 1 aromatic heterocycles. The number of carbonyl (C=O) groups is 1. The minimum atomic E-state index is 0.151. The summed E-state index contributed by atoms with van der Waals surface area (Å²) in [6.45, 7) is 4.51. The highest BCUT2D eigenvalue weighted by atomic mass is 16.2. The fourth-order valence-corrected chi connectivity index (χ4v) is 3.41. The Labute approximate surface area is 141 Å². The van der Waals surface area contributed by atoms with Gasteiger partial charge in [0.15, 0.2) is 0 Å². The first kappa shape index (κ1) is 14.9. The Morgan fingerprint density at radius 1 is 0.833 bits per heavy atom. The lowest BCUT2D eigenvalue weighted by atomic mass is 10.0. The van der Waals surface area contributed by atoms with Crippen molar-refractivity contribution in [2.45, 2.75) is 13.0 Å². The lowest BCUT2D eigenvalue weighted by Gasteiger charge is -2.38. The van der Waals surface area contributed by atoms with Crippen LogP contribution in [0.1, 0.15) is 11.1 Å². The van der Waals surface area contributed by atoms with Crippen LogP contribution in [0.3, 0.4) is 0 Å². The summed E-state index contributed by atoms with van der Waals surface area (Å²) in [6.07, 6.45) is 4.45. The monoisotopic (exact) mass is 323 g/mol. The molecule has 0 aliphatic carbocycles. The lowest BCUT2D eigenvalue weighted by molar-refractivity contribution is 0.144. The van der Waals surface area contributed by atoms with Gasteiger partial charge < -0.3 is 14.7 Å². The Kier molecular flexibility index (Phi) is 4.02. The van der Waals surface area contributed by atoms with Crippen LogP contribution in [0.5, 0.6) is 0 Å². The molecule has 4 rings (SSSR count). The summed E-state index contributed by atoms with van der Waals surface area (Å²) in [6, 6.07) is 10.4. The fraction of sp³-hybridized carbons (Fsp3) is 0.389. The number of anilines is 1.